The molecule has 0 aliphatic rings. The Hall–Kier alpha value is -2.42. The van der Waals surface area contributed by atoms with E-state index in [1.165, 1.54) is 10.8 Å². The smallest absolute Gasteiger partial charge is 0.349 e. The summed E-state index contributed by atoms with van der Waals surface area (Å²) in [7, 11) is 0. The first-order valence-corrected chi connectivity index (χ1v) is 6.85. The third kappa shape index (κ3) is 3.19. The van der Waals surface area contributed by atoms with E-state index >= 15 is 0 Å². The van der Waals surface area contributed by atoms with E-state index in [0.29, 0.717) is 5.82 Å². The molecule has 8 nitrogen and oxygen atoms in total. The lowest BCUT2D eigenvalue weighted by atomic mass is 10.4. The molecule has 2 aromatic rings. The number of carboxylic acids is 1. The minimum Gasteiger partial charge on any atom is -0.488 e. The van der Waals surface area contributed by atoms with Crippen LogP contribution in [-0.4, -0.2) is 32.2 Å². The lowest BCUT2D eigenvalue weighted by molar-refractivity contribution is -0.392. The van der Waals surface area contributed by atoms with Gasteiger partial charge in [0.1, 0.15) is 25.1 Å². The number of hydrogen-bond acceptors (Lipinski definition) is 6. The van der Waals surface area contributed by atoms with Crippen molar-refractivity contribution in [1.82, 2.24) is 9.55 Å². The zero-order chi connectivity index (χ0) is 15.6. The Labute approximate surface area is 123 Å². The molecule has 0 unspecified atom stereocenters. The van der Waals surface area contributed by atoms with Gasteiger partial charge in [-0.3, -0.25) is 0 Å². The summed E-state index contributed by atoms with van der Waals surface area (Å²) >= 11 is 1.13. The minimum absolute atomic E-state index is 0.115. The summed E-state index contributed by atoms with van der Waals surface area (Å²) in [4.78, 5) is 26.2. The Morgan fingerprint density at radius 2 is 2.29 bits per heavy atom. The Balaban J connectivity index is 2.07. The van der Waals surface area contributed by atoms with Gasteiger partial charge in [0.2, 0.25) is 0 Å². The predicted molar refractivity (Wildman–Crippen MR) is 75.1 cm³/mol. The standard InChI is InChI=1S/C12H13N3O5S/c1-7-5-9(11(21-7)12(16)17)20-4-3-14-8(2)13-6-10(14)15(18)19/h5-6H,3-4H2,1-2H3,(H,16,17). The van der Waals surface area contributed by atoms with Crippen molar-refractivity contribution in [1.29, 1.82) is 0 Å². The van der Waals surface area contributed by atoms with Crippen LogP contribution in [0.4, 0.5) is 5.82 Å². The number of rotatable bonds is 6. The van der Waals surface area contributed by atoms with Crippen LogP contribution in [0.25, 0.3) is 0 Å². The summed E-state index contributed by atoms with van der Waals surface area (Å²) in [6.07, 6.45) is 1.19. The highest BCUT2D eigenvalue weighted by Crippen LogP contribution is 2.29. The van der Waals surface area contributed by atoms with Crippen molar-refractivity contribution in [2.45, 2.75) is 20.4 Å². The van der Waals surface area contributed by atoms with Crippen molar-refractivity contribution in [3.63, 3.8) is 0 Å². The van der Waals surface area contributed by atoms with Gasteiger partial charge < -0.3 is 20.0 Å². The van der Waals surface area contributed by atoms with Crippen LogP contribution in [0.1, 0.15) is 20.4 Å². The molecule has 0 fully saturated rings. The van der Waals surface area contributed by atoms with Gasteiger partial charge in [0.05, 0.1) is 0 Å². The normalized spacial score (nSPS) is 10.6. The van der Waals surface area contributed by atoms with Gasteiger partial charge in [-0.25, -0.2) is 14.3 Å². The molecule has 0 atom stereocenters. The summed E-state index contributed by atoms with van der Waals surface area (Å²) in [6, 6.07) is 1.64. The summed E-state index contributed by atoms with van der Waals surface area (Å²) < 4.78 is 6.86. The summed E-state index contributed by atoms with van der Waals surface area (Å²) in [5.74, 6) is -0.375. The molecule has 0 spiro atoms. The second-order valence-corrected chi connectivity index (χ2v) is 5.53. The third-order valence-corrected chi connectivity index (χ3v) is 3.83. The molecule has 0 radical (unpaired) electrons. The zero-order valence-electron chi connectivity index (χ0n) is 11.4. The van der Waals surface area contributed by atoms with Crippen molar-refractivity contribution in [3.8, 4) is 5.75 Å². The van der Waals surface area contributed by atoms with Crippen LogP contribution >= 0.6 is 11.3 Å². The van der Waals surface area contributed by atoms with E-state index in [0.717, 1.165) is 16.2 Å². The number of thiophene rings is 1. The number of aromatic carboxylic acids is 1. The molecule has 0 amide bonds. The van der Waals surface area contributed by atoms with Crippen LogP contribution in [0, 0.1) is 24.0 Å². The molecular weight excluding hydrogens is 298 g/mol. The fraction of sp³-hybridized carbons (Fsp3) is 0.333. The maximum absolute atomic E-state index is 11.1. The molecule has 9 heteroatoms. The Morgan fingerprint density at radius 3 is 2.90 bits per heavy atom. The number of imidazole rings is 1. The van der Waals surface area contributed by atoms with Crippen molar-refractivity contribution >= 4 is 23.1 Å². The molecule has 0 bridgehead atoms. The predicted octanol–water partition coefficient (Wildman–Crippen LogP) is 2.25. The van der Waals surface area contributed by atoms with E-state index in [4.69, 9.17) is 9.84 Å². The molecule has 2 heterocycles. The highest BCUT2D eigenvalue weighted by atomic mass is 32.1. The number of aromatic nitrogens is 2. The summed E-state index contributed by atoms with van der Waals surface area (Å²) in [5, 5.41) is 19.9. The highest BCUT2D eigenvalue weighted by molar-refractivity contribution is 7.14. The van der Waals surface area contributed by atoms with Crippen molar-refractivity contribution in [2.24, 2.45) is 0 Å². The van der Waals surface area contributed by atoms with Crippen LogP contribution < -0.4 is 4.74 Å². The average Bonchev–Trinajstić information content (AvgIpc) is 2.94. The van der Waals surface area contributed by atoms with Crippen molar-refractivity contribution < 1.29 is 19.6 Å². The van der Waals surface area contributed by atoms with Gasteiger partial charge in [-0.05, 0) is 17.9 Å². The number of nitrogens with zero attached hydrogens (tertiary/aromatic N) is 3. The van der Waals surface area contributed by atoms with Crippen molar-refractivity contribution in [3.05, 3.63) is 38.0 Å². The van der Waals surface area contributed by atoms with Gasteiger partial charge in [-0.15, -0.1) is 11.3 Å². The summed E-state index contributed by atoms with van der Waals surface area (Å²) in [6.45, 7) is 3.78. The fourth-order valence-electron chi connectivity index (χ4n) is 1.87. The van der Waals surface area contributed by atoms with E-state index in [1.54, 1.807) is 19.9 Å². The highest BCUT2D eigenvalue weighted by Gasteiger charge is 2.19. The van der Waals surface area contributed by atoms with Gasteiger partial charge in [0.25, 0.3) is 0 Å². The monoisotopic (exact) mass is 311 g/mol. The molecule has 2 rings (SSSR count). The van der Waals surface area contributed by atoms with Crippen LogP contribution in [0.5, 0.6) is 5.75 Å². The minimum atomic E-state index is -1.05. The number of aryl methyl sites for hydroxylation is 2. The first-order valence-electron chi connectivity index (χ1n) is 6.03. The Kier molecular flexibility index (Phi) is 4.22. The first-order chi connectivity index (χ1) is 9.90. The average molecular weight is 311 g/mol. The van der Waals surface area contributed by atoms with Gasteiger partial charge in [0, 0.05) is 11.8 Å². The number of nitro groups is 1. The van der Waals surface area contributed by atoms with E-state index < -0.39 is 10.9 Å². The van der Waals surface area contributed by atoms with Gasteiger partial charge >= 0.3 is 11.8 Å². The molecule has 0 saturated carbocycles. The molecule has 2 aromatic heterocycles. The number of hydrogen-bond donors (Lipinski definition) is 1. The molecular formula is C12H13N3O5S. The first kappa shape index (κ1) is 15.0. The second kappa shape index (κ2) is 5.92. The molecule has 1 N–H and O–H groups in total. The number of carboxylic acid groups (broad SMARTS) is 1. The van der Waals surface area contributed by atoms with Crippen LogP contribution in [0.3, 0.4) is 0 Å². The Morgan fingerprint density at radius 1 is 1.57 bits per heavy atom. The molecule has 0 aliphatic carbocycles. The van der Waals surface area contributed by atoms with E-state index in [1.807, 2.05) is 0 Å². The second-order valence-electron chi connectivity index (χ2n) is 4.28. The van der Waals surface area contributed by atoms with E-state index in [9.17, 15) is 14.9 Å². The lowest BCUT2D eigenvalue weighted by Gasteiger charge is -2.05. The number of ether oxygens (including phenoxy) is 1. The maximum atomic E-state index is 11.1. The lowest BCUT2D eigenvalue weighted by Crippen LogP contribution is -2.12. The largest absolute Gasteiger partial charge is 0.488 e. The van der Waals surface area contributed by atoms with Gasteiger partial charge in [-0.1, -0.05) is 0 Å². The molecule has 0 saturated heterocycles. The topological polar surface area (TPSA) is 107 Å². The fourth-order valence-corrected chi connectivity index (χ4v) is 2.67. The summed E-state index contributed by atoms with van der Waals surface area (Å²) in [5.41, 5.74) is 0. The van der Waals surface area contributed by atoms with Gasteiger partial charge in [-0.2, -0.15) is 0 Å². The molecule has 21 heavy (non-hydrogen) atoms. The van der Waals surface area contributed by atoms with Gasteiger partial charge in [0.15, 0.2) is 10.7 Å². The SMILES string of the molecule is Cc1cc(OCCn2c([N+](=O)[O-])cnc2C)c(C(=O)O)s1. The van der Waals surface area contributed by atoms with E-state index in [-0.39, 0.29) is 29.6 Å². The van der Waals surface area contributed by atoms with Crippen LogP contribution in [-0.2, 0) is 6.54 Å². The quantitative estimate of drug-likeness (QED) is 0.647. The number of carbonyl (C=O) groups is 1. The van der Waals surface area contributed by atoms with Crippen LogP contribution in [0.15, 0.2) is 12.3 Å². The van der Waals surface area contributed by atoms with Crippen molar-refractivity contribution in [2.75, 3.05) is 6.61 Å². The molecule has 0 aliphatic heterocycles. The molecule has 0 aromatic carbocycles. The zero-order valence-corrected chi connectivity index (χ0v) is 12.2. The Bertz CT molecular complexity index is 691. The van der Waals surface area contributed by atoms with Crippen LogP contribution in [0.2, 0.25) is 0 Å². The third-order valence-electron chi connectivity index (χ3n) is 2.81. The van der Waals surface area contributed by atoms with E-state index in [2.05, 4.69) is 4.98 Å². The molecule has 112 valence electrons. The maximum Gasteiger partial charge on any atom is 0.349 e.